The van der Waals surface area contributed by atoms with Crippen molar-refractivity contribution in [2.75, 3.05) is 19.6 Å². The Balaban J connectivity index is 0. The molecule has 17 heavy (non-hydrogen) atoms. The fraction of sp³-hybridized carbons (Fsp3) is 0.769. The molecule has 0 fully saturated rings. The molecular weight excluding hydrogens is 238 g/mol. The van der Waals surface area contributed by atoms with Crippen LogP contribution in [0.15, 0.2) is 12.7 Å². The molecule has 0 radical (unpaired) electrons. The van der Waals surface area contributed by atoms with Crippen LogP contribution in [-0.4, -0.2) is 35.8 Å². The summed E-state index contributed by atoms with van der Waals surface area (Å²) in [5, 5.41) is 0. The SMILES string of the molecule is C=CC(=O)OC(C)(CC)[N+](CC)(CC)CC.[Cl-]. The summed E-state index contributed by atoms with van der Waals surface area (Å²) in [4.78, 5) is 11.4. The lowest BCUT2D eigenvalue weighted by Crippen LogP contribution is -3.00. The maximum atomic E-state index is 11.4. The van der Waals surface area contributed by atoms with Crippen molar-refractivity contribution in [2.45, 2.75) is 46.8 Å². The lowest BCUT2D eigenvalue weighted by atomic mass is 10.1. The molecule has 0 spiro atoms. The van der Waals surface area contributed by atoms with Gasteiger partial charge in [0.25, 0.3) is 0 Å². The molecule has 0 amide bonds. The first-order chi connectivity index (χ1) is 7.45. The molecule has 0 N–H and O–H groups in total. The van der Waals surface area contributed by atoms with E-state index in [-0.39, 0.29) is 18.4 Å². The molecule has 0 saturated heterocycles. The average Bonchev–Trinajstić information content (AvgIpc) is 2.31. The summed E-state index contributed by atoms with van der Waals surface area (Å²) in [5.74, 6) is -0.331. The fourth-order valence-corrected chi connectivity index (χ4v) is 2.44. The van der Waals surface area contributed by atoms with Gasteiger partial charge in [-0.3, -0.25) is 4.48 Å². The van der Waals surface area contributed by atoms with Crippen LogP contribution in [0.5, 0.6) is 0 Å². The van der Waals surface area contributed by atoms with E-state index < -0.39 is 5.72 Å². The molecule has 0 aromatic rings. The minimum atomic E-state index is -0.455. The largest absolute Gasteiger partial charge is 1.00 e. The van der Waals surface area contributed by atoms with Gasteiger partial charge < -0.3 is 17.1 Å². The smallest absolute Gasteiger partial charge is 0.334 e. The second-order valence-corrected chi connectivity index (χ2v) is 4.25. The molecule has 1 unspecified atom stereocenters. The van der Waals surface area contributed by atoms with Gasteiger partial charge >= 0.3 is 5.97 Å². The molecule has 0 bridgehead atoms. The zero-order valence-corrected chi connectivity index (χ0v) is 12.5. The molecule has 0 aliphatic heterocycles. The Morgan fingerprint density at radius 2 is 1.65 bits per heavy atom. The van der Waals surface area contributed by atoms with Gasteiger partial charge in [-0.2, -0.15) is 0 Å². The van der Waals surface area contributed by atoms with Crippen molar-refractivity contribution < 1.29 is 26.4 Å². The van der Waals surface area contributed by atoms with Crippen LogP contribution in [0.1, 0.15) is 41.0 Å². The molecule has 1 atom stereocenters. The van der Waals surface area contributed by atoms with E-state index in [9.17, 15) is 4.79 Å². The van der Waals surface area contributed by atoms with Gasteiger partial charge in [-0.15, -0.1) is 0 Å². The predicted molar refractivity (Wildman–Crippen MR) is 66.9 cm³/mol. The summed E-state index contributed by atoms with van der Waals surface area (Å²) in [6.45, 7) is 16.8. The minimum absolute atomic E-state index is 0. The van der Waals surface area contributed by atoms with Crippen molar-refractivity contribution in [2.24, 2.45) is 0 Å². The van der Waals surface area contributed by atoms with Crippen LogP contribution in [0.2, 0.25) is 0 Å². The summed E-state index contributed by atoms with van der Waals surface area (Å²) in [6.07, 6.45) is 2.05. The maximum Gasteiger partial charge on any atom is 0.334 e. The number of hydrogen-bond acceptors (Lipinski definition) is 2. The number of esters is 1. The Morgan fingerprint density at radius 1 is 1.24 bits per heavy atom. The van der Waals surface area contributed by atoms with E-state index in [2.05, 4.69) is 34.3 Å². The van der Waals surface area contributed by atoms with Gasteiger partial charge in [0.1, 0.15) is 0 Å². The number of quaternary nitrogens is 1. The number of hydrogen-bond donors (Lipinski definition) is 0. The van der Waals surface area contributed by atoms with Crippen molar-refractivity contribution in [3.05, 3.63) is 12.7 Å². The van der Waals surface area contributed by atoms with E-state index in [1.807, 2.05) is 6.92 Å². The molecule has 4 heteroatoms. The Bertz CT molecular complexity index is 244. The number of carbonyl (C=O) groups is 1. The van der Waals surface area contributed by atoms with E-state index in [0.29, 0.717) is 0 Å². The standard InChI is InChI=1S/C13H26NO2.ClH/c1-7-12(15)16-13(6,8-2)14(9-3,10-4)11-5;/h7H,1,8-11H2,2-6H3;1H/q+1;/p-1. The molecule has 0 aliphatic carbocycles. The van der Waals surface area contributed by atoms with Gasteiger partial charge in [-0.05, 0) is 20.8 Å². The van der Waals surface area contributed by atoms with Gasteiger partial charge in [-0.25, -0.2) is 4.79 Å². The van der Waals surface area contributed by atoms with Crippen LogP contribution >= 0.6 is 0 Å². The topological polar surface area (TPSA) is 26.3 Å². The highest BCUT2D eigenvalue weighted by Crippen LogP contribution is 2.29. The van der Waals surface area contributed by atoms with Crippen LogP contribution in [0.3, 0.4) is 0 Å². The lowest BCUT2D eigenvalue weighted by molar-refractivity contribution is -0.991. The number of rotatable bonds is 7. The Labute approximate surface area is 112 Å². The fourth-order valence-electron chi connectivity index (χ4n) is 2.44. The van der Waals surface area contributed by atoms with Crippen molar-refractivity contribution >= 4 is 5.97 Å². The molecule has 3 nitrogen and oxygen atoms in total. The van der Waals surface area contributed by atoms with E-state index in [1.54, 1.807) is 0 Å². The Kier molecular flexibility index (Phi) is 8.55. The molecular formula is C13H26ClNO2. The molecule has 0 rings (SSSR count). The van der Waals surface area contributed by atoms with Gasteiger partial charge in [0.05, 0.1) is 19.6 Å². The normalized spacial score (nSPS) is 14.4. The molecule has 0 saturated carbocycles. The number of nitrogens with zero attached hydrogens (tertiary/aromatic N) is 1. The van der Waals surface area contributed by atoms with Gasteiger partial charge in [0, 0.05) is 19.4 Å². The third kappa shape index (κ3) is 3.71. The van der Waals surface area contributed by atoms with Crippen molar-refractivity contribution in [3.63, 3.8) is 0 Å². The quantitative estimate of drug-likeness (QED) is 0.273. The minimum Gasteiger partial charge on any atom is -1.00 e. The Hall–Kier alpha value is -0.540. The molecule has 0 aromatic heterocycles. The monoisotopic (exact) mass is 263 g/mol. The second-order valence-electron chi connectivity index (χ2n) is 4.25. The van der Waals surface area contributed by atoms with Gasteiger partial charge in [0.15, 0.2) is 0 Å². The van der Waals surface area contributed by atoms with E-state index in [4.69, 9.17) is 4.74 Å². The average molecular weight is 264 g/mol. The highest BCUT2D eigenvalue weighted by Gasteiger charge is 2.45. The van der Waals surface area contributed by atoms with E-state index >= 15 is 0 Å². The van der Waals surface area contributed by atoms with Crippen LogP contribution < -0.4 is 12.4 Å². The van der Waals surface area contributed by atoms with E-state index in [0.717, 1.165) is 30.5 Å². The third-order valence-corrected chi connectivity index (χ3v) is 3.96. The lowest BCUT2D eigenvalue weighted by Gasteiger charge is -2.48. The van der Waals surface area contributed by atoms with Crippen LogP contribution in [0.25, 0.3) is 0 Å². The highest BCUT2D eigenvalue weighted by atomic mass is 35.5. The van der Waals surface area contributed by atoms with Crippen LogP contribution in [0, 0.1) is 0 Å². The first-order valence-corrected chi connectivity index (χ1v) is 6.16. The Morgan fingerprint density at radius 3 is 1.88 bits per heavy atom. The maximum absolute atomic E-state index is 11.4. The van der Waals surface area contributed by atoms with Crippen molar-refractivity contribution in [1.29, 1.82) is 0 Å². The number of ether oxygens (including phenoxy) is 1. The third-order valence-electron chi connectivity index (χ3n) is 3.96. The highest BCUT2D eigenvalue weighted by molar-refractivity contribution is 5.81. The van der Waals surface area contributed by atoms with Crippen molar-refractivity contribution in [3.8, 4) is 0 Å². The van der Waals surface area contributed by atoms with E-state index in [1.165, 1.54) is 6.08 Å². The molecule has 0 aliphatic rings. The van der Waals surface area contributed by atoms with Gasteiger partial charge in [0.2, 0.25) is 5.72 Å². The predicted octanol–water partition coefficient (Wildman–Crippen LogP) is -0.278. The zero-order valence-electron chi connectivity index (χ0n) is 11.8. The number of carbonyl (C=O) groups excluding carboxylic acids is 1. The van der Waals surface area contributed by atoms with Crippen LogP contribution in [-0.2, 0) is 9.53 Å². The second kappa shape index (κ2) is 7.72. The summed E-state index contributed by atoms with van der Waals surface area (Å²) >= 11 is 0. The summed E-state index contributed by atoms with van der Waals surface area (Å²) in [7, 11) is 0. The molecule has 102 valence electrons. The first-order valence-electron chi connectivity index (χ1n) is 6.16. The first kappa shape index (κ1) is 18.8. The van der Waals surface area contributed by atoms with Gasteiger partial charge in [-0.1, -0.05) is 13.5 Å². The zero-order chi connectivity index (χ0) is 12.8. The summed E-state index contributed by atoms with van der Waals surface area (Å²) in [6, 6.07) is 0. The number of halogens is 1. The summed E-state index contributed by atoms with van der Waals surface area (Å²) in [5.41, 5.74) is -0.455. The summed E-state index contributed by atoms with van der Waals surface area (Å²) < 4.78 is 6.38. The molecule has 0 aromatic carbocycles. The van der Waals surface area contributed by atoms with Crippen LogP contribution in [0.4, 0.5) is 0 Å². The molecule has 0 heterocycles. The van der Waals surface area contributed by atoms with Crippen molar-refractivity contribution in [1.82, 2.24) is 0 Å².